The molecule has 1 N–H and O–H groups in total. The van der Waals surface area contributed by atoms with Crippen LogP contribution >= 0.6 is 23.2 Å². The number of nitrogens with zero attached hydrogens (tertiary/aromatic N) is 1. The number of carbonyl (C=O) groups is 2. The molecule has 0 fully saturated rings. The molecule has 0 bridgehead atoms. The van der Waals surface area contributed by atoms with Gasteiger partial charge in [-0.2, -0.15) is 0 Å². The molecule has 0 aliphatic rings. The van der Waals surface area contributed by atoms with Gasteiger partial charge in [0.25, 0.3) is 0 Å². The van der Waals surface area contributed by atoms with Crippen molar-refractivity contribution in [2.75, 3.05) is 7.05 Å². The fraction of sp³-hybridized carbons (Fsp3) is 0.333. The van der Waals surface area contributed by atoms with Gasteiger partial charge in [-0.25, -0.2) is 4.79 Å². The normalized spacial score (nSPS) is 12.2. The summed E-state index contributed by atoms with van der Waals surface area (Å²) >= 11 is 11.1. The SMILES string of the molecule is CN(C(=O)O)[C@@H](Cc1ccccc1)C(=O)C(Cl)Cl. The van der Waals surface area contributed by atoms with Crippen LogP contribution in [0.15, 0.2) is 30.3 Å². The number of hydrogen-bond donors (Lipinski definition) is 1. The summed E-state index contributed by atoms with van der Waals surface area (Å²) in [5.41, 5.74) is 0.845. The van der Waals surface area contributed by atoms with Crippen molar-refractivity contribution < 1.29 is 14.7 Å². The summed E-state index contributed by atoms with van der Waals surface area (Å²) < 4.78 is 0. The minimum Gasteiger partial charge on any atom is -0.465 e. The van der Waals surface area contributed by atoms with Gasteiger partial charge in [0.1, 0.15) is 6.04 Å². The topological polar surface area (TPSA) is 57.6 Å². The number of likely N-dealkylation sites (N-methyl/N-ethyl adjacent to an activating group) is 1. The molecule has 0 heterocycles. The van der Waals surface area contributed by atoms with E-state index in [-0.39, 0.29) is 6.42 Å². The zero-order chi connectivity index (χ0) is 13.7. The highest BCUT2D eigenvalue weighted by Crippen LogP contribution is 2.15. The molecule has 0 radical (unpaired) electrons. The van der Waals surface area contributed by atoms with Gasteiger partial charge in [-0.15, -0.1) is 0 Å². The van der Waals surface area contributed by atoms with Crippen molar-refractivity contribution >= 4 is 35.1 Å². The first-order valence-corrected chi connectivity index (χ1v) is 6.12. The van der Waals surface area contributed by atoms with Crippen LogP contribution in [-0.2, 0) is 11.2 Å². The monoisotopic (exact) mass is 289 g/mol. The number of carbonyl (C=O) groups excluding carboxylic acids is 1. The Hall–Kier alpha value is -1.26. The predicted octanol–water partition coefficient (Wildman–Crippen LogP) is 2.58. The molecular formula is C12H13Cl2NO3. The van der Waals surface area contributed by atoms with E-state index in [1.54, 1.807) is 0 Å². The van der Waals surface area contributed by atoms with Crippen molar-refractivity contribution in [3.8, 4) is 0 Å². The number of carboxylic acid groups (broad SMARTS) is 1. The largest absolute Gasteiger partial charge is 0.465 e. The van der Waals surface area contributed by atoms with E-state index < -0.39 is 22.8 Å². The van der Waals surface area contributed by atoms with Crippen molar-refractivity contribution in [1.82, 2.24) is 4.90 Å². The van der Waals surface area contributed by atoms with Gasteiger partial charge in [0.05, 0.1) is 0 Å². The molecule has 0 unspecified atom stereocenters. The molecule has 6 heteroatoms. The number of rotatable bonds is 5. The summed E-state index contributed by atoms with van der Waals surface area (Å²) in [7, 11) is 1.32. The summed E-state index contributed by atoms with van der Waals surface area (Å²) in [6.45, 7) is 0. The van der Waals surface area contributed by atoms with Gasteiger partial charge >= 0.3 is 6.09 Å². The molecule has 18 heavy (non-hydrogen) atoms. The number of benzene rings is 1. The molecule has 0 aliphatic heterocycles. The first-order chi connectivity index (χ1) is 8.43. The molecule has 1 atom stereocenters. The van der Waals surface area contributed by atoms with E-state index in [2.05, 4.69) is 0 Å². The predicted molar refractivity (Wildman–Crippen MR) is 70.2 cm³/mol. The van der Waals surface area contributed by atoms with E-state index in [0.717, 1.165) is 10.5 Å². The van der Waals surface area contributed by atoms with Gasteiger partial charge in [0.2, 0.25) is 0 Å². The molecule has 0 saturated heterocycles. The smallest absolute Gasteiger partial charge is 0.407 e. The summed E-state index contributed by atoms with van der Waals surface area (Å²) in [4.78, 5) is 22.5. The zero-order valence-electron chi connectivity index (χ0n) is 9.72. The molecule has 1 aromatic carbocycles. The molecule has 1 amide bonds. The summed E-state index contributed by atoms with van der Waals surface area (Å²) in [6.07, 6.45) is -0.948. The number of amides is 1. The minimum absolute atomic E-state index is 0.248. The van der Waals surface area contributed by atoms with Gasteiger partial charge in [-0.05, 0) is 5.56 Å². The third kappa shape index (κ3) is 3.89. The Morgan fingerprint density at radius 3 is 2.28 bits per heavy atom. The molecule has 98 valence electrons. The molecule has 1 rings (SSSR count). The Morgan fingerprint density at radius 2 is 1.83 bits per heavy atom. The van der Waals surface area contributed by atoms with Gasteiger partial charge in [-0.1, -0.05) is 53.5 Å². The van der Waals surface area contributed by atoms with Crippen molar-refractivity contribution in [2.24, 2.45) is 0 Å². The number of halogens is 2. The second kappa shape index (κ2) is 6.61. The van der Waals surface area contributed by atoms with Gasteiger partial charge in [0, 0.05) is 13.5 Å². The molecule has 0 aromatic heterocycles. The second-order valence-electron chi connectivity index (χ2n) is 3.80. The Balaban J connectivity index is 2.91. The van der Waals surface area contributed by atoms with E-state index in [9.17, 15) is 9.59 Å². The fourth-order valence-corrected chi connectivity index (χ4v) is 1.84. The van der Waals surface area contributed by atoms with E-state index in [1.807, 2.05) is 30.3 Å². The van der Waals surface area contributed by atoms with Gasteiger partial charge in [0.15, 0.2) is 10.6 Å². The average Bonchev–Trinajstić information content (AvgIpc) is 2.35. The van der Waals surface area contributed by atoms with E-state index in [0.29, 0.717) is 0 Å². The fourth-order valence-electron chi connectivity index (χ4n) is 1.54. The lowest BCUT2D eigenvalue weighted by Gasteiger charge is -2.25. The van der Waals surface area contributed by atoms with E-state index in [1.165, 1.54) is 7.05 Å². The Morgan fingerprint density at radius 1 is 1.28 bits per heavy atom. The van der Waals surface area contributed by atoms with Crippen molar-refractivity contribution in [3.05, 3.63) is 35.9 Å². The molecular weight excluding hydrogens is 277 g/mol. The number of ketones is 1. The summed E-state index contributed by atoms with van der Waals surface area (Å²) in [5, 5.41) is 8.95. The second-order valence-corrected chi connectivity index (χ2v) is 4.90. The maximum Gasteiger partial charge on any atom is 0.407 e. The van der Waals surface area contributed by atoms with E-state index in [4.69, 9.17) is 28.3 Å². The molecule has 1 aromatic rings. The molecule has 0 aliphatic carbocycles. The quantitative estimate of drug-likeness (QED) is 0.848. The highest BCUT2D eigenvalue weighted by Gasteiger charge is 2.30. The Kier molecular flexibility index (Phi) is 5.44. The average molecular weight is 290 g/mol. The van der Waals surface area contributed by atoms with Crippen LogP contribution < -0.4 is 0 Å². The van der Waals surface area contributed by atoms with Crippen LogP contribution in [0.5, 0.6) is 0 Å². The first-order valence-electron chi connectivity index (χ1n) is 5.25. The third-order valence-electron chi connectivity index (χ3n) is 2.58. The van der Waals surface area contributed by atoms with Gasteiger partial charge in [-0.3, -0.25) is 4.79 Å². The van der Waals surface area contributed by atoms with Crippen molar-refractivity contribution in [3.63, 3.8) is 0 Å². The highest BCUT2D eigenvalue weighted by atomic mass is 35.5. The lowest BCUT2D eigenvalue weighted by Crippen LogP contribution is -2.45. The van der Waals surface area contributed by atoms with Crippen LogP contribution in [0.25, 0.3) is 0 Å². The molecule has 0 spiro atoms. The third-order valence-corrected chi connectivity index (χ3v) is 3.01. The van der Waals surface area contributed by atoms with Crippen LogP contribution in [0, 0.1) is 0 Å². The lowest BCUT2D eigenvalue weighted by atomic mass is 10.0. The van der Waals surface area contributed by atoms with Crippen LogP contribution in [0.4, 0.5) is 4.79 Å². The highest BCUT2D eigenvalue weighted by molar-refractivity contribution is 6.54. The maximum atomic E-state index is 11.8. The summed E-state index contributed by atoms with van der Waals surface area (Å²) in [6, 6.07) is 8.21. The maximum absolute atomic E-state index is 11.8. The zero-order valence-corrected chi connectivity index (χ0v) is 11.2. The standard InChI is InChI=1S/C12H13Cl2NO3/c1-15(12(17)18)9(10(16)11(13)14)7-8-5-3-2-4-6-8/h2-6,9,11H,7H2,1H3,(H,17,18)/t9-/m0/s1. The van der Waals surface area contributed by atoms with Crippen LogP contribution in [0.2, 0.25) is 0 Å². The van der Waals surface area contributed by atoms with Crippen molar-refractivity contribution in [1.29, 1.82) is 0 Å². The van der Waals surface area contributed by atoms with Crippen LogP contribution in [0.3, 0.4) is 0 Å². The molecule has 4 nitrogen and oxygen atoms in total. The first kappa shape index (κ1) is 14.8. The van der Waals surface area contributed by atoms with E-state index >= 15 is 0 Å². The number of alkyl halides is 2. The lowest BCUT2D eigenvalue weighted by molar-refractivity contribution is -0.121. The minimum atomic E-state index is -1.24. The van der Waals surface area contributed by atoms with Gasteiger partial charge < -0.3 is 10.0 Å². The van der Waals surface area contributed by atoms with Crippen molar-refractivity contribution in [2.45, 2.75) is 17.3 Å². The Bertz CT molecular complexity index is 423. The van der Waals surface area contributed by atoms with Crippen LogP contribution in [0.1, 0.15) is 5.56 Å². The number of hydrogen-bond acceptors (Lipinski definition) is 2. The van der Waals surface area contributed by atoms with Crippen LogP contribution in [-0.4, -0.2) is 39.8 Å². The molecule has 0 saturated carbocycles. The summed E-state index contributed by atoms with van der Waals surface area (Å²) in [5.74, 6) is -0.521. The number of Topliss-reactive ketones (excluding diaryl/α,β-unsaturated/α-hetero) is 1. The Labute approximate surface area is 115 Å².